The SMILES string of the molecule is C=CCCC[C@H]1[C@H]2CC[C@H](C2)[C@@H]1OC(=O)N[C@H](C(=O)O)C(C)(C)C. The highest BCUT2D eigenvalue weighted by Gasteiger charge is 2.49. The van der Waals surface area contributed by atoms with Crippen LogP contribution in [0, 0.1) is 23.2 Å². The van der Waals surface area contributed by atoms with Gasteiger partial charge in [-0.1, -0.05) is 26.8 Å². The lowest BCUT2D eigenvalue weighted by Gasteiger charge is -2.32. The van der Waals surface area contributed by atoms with Crippen molar-refractivity contribution in [2.45, 2.75) is 71.4 Å². The first kappa shape index (κ1) is 18.8. The summed E-state index contributed by atoms with van der Waals surface area (Å²) in [6.45, 7) is 9.14. The van der Waals surface area contributed by atoms with E-state index in [9.17, 15) is 14.7 Å². The topological polar surface area (TPSA) is 75.6 Å². The quantitative estimate of drug-likeness (QED) is 0.544. The van der Waals surface area contributed by atoms with E-state index < -0.39 is 23.5 Å². The van der Waals surface area contributed by atoms with Gasteiger partial charge >= 0.3 is 12.1 Å². The van der Waals surface area contributed by atoms with Crippen molar-refractivity contribution >= 4 is 12.1 Å². The molecule has 0 unspecified atom stereocenters. The standard InChI is InChI=1S/C19H31NO4/c1-5-6-7-8-14-12-9-10-13(11-12)15(14)24-18(23)20-16(17(21)22)19(2,3)4/h5,12-16H,1,6-11H2,2-4H3,(H,20,23)(H,21,22)/t12-,13+,14-,15-,16+/m0/s1. The lowest BCUT2D eigenvalue weighted by molar-refractivity contribution is -0.142. The Hall–Kier alpha value is -1.52. The first-order valence-electron chi connectivity index (χ1n) is 9.05. The molecule has 2 N–H and O–H groups in total. The molecule has 0 aromatic rings. The highest BCUT2D eigenvalue weighted by molar-refractivity contribution is 5.80. The number of ether oxygens (including phenoxy) is 1. The summed E-state index contributed by atoms with van der Waals surface area (Å²) in [4.78, 5) is 23.7. The minimum absolute atomic E-state index is 0.0667. The highest BCUT2D eigenvalue weighted by Crippen LogP contribution is 2.51. The zero-order valence-corrected chi connectivity index (χ0v) is 15.1. The van der Waals surface area contributed by atoms with Crippen molar-refractivity contribution in [2.24, 2.45) is 23.2 Å². The first-order valence-corrected chi connectivity index (χ1v) is 9.05. The molecule has 0 spiro atoms. The number of allylic oxidation sites excluding steroid dienone is 1. The largest absolute Gasteiger partial charge is 0.480 e. The Balaban J connectivity index is 1.96. The van der Waals surface area contributed by atoms with Crippen LogP contribution in [0.15, 0.2) is 12.7 Å². The van der Waals surface area contributed by atoms with E-state index in [1.807, 2.05) is 6.08 Å². The summed E-state index contributed by atoms with van der Waals surface area (Å²) in [7, 11) is 0. The molecule has 0 radical (unpaired) electrons. The molecule has 0 aromatic carbocycles. The van der Waals surface area contributed by atoms with Crippen LogP contribution in [0.2, 0.25) is 0 Å². The monoisotopic (exact) mass is 337 g/mol. The zero-order valence-electron chi connectivity index (χ0n) is 15.1. The molecular formula is C19H31NO4. The minimum atomic E-state index is -1.03. The maximum Gasteiger partial charge on any atom is 0.408 e. The maximum absolute atomic E-state index is 12.3. The summed E-state index contributed by atoms with van der Waals surface area (Å²) in [6.07, 6.45) is 7.84. The van der Waals surface area contributed by atoms with Crippen LogP contribution < -0.4 is 5.32 Å². The molecule has 2 bridgehead atoms. The number of unbranched alkanes of at least 4 members (excludes halogenated alkanes) is 1. The molecule has 24 heavy (non-hydrogen) atoms. The molecule has 5 nitrogen and oxygen atoms in total. The number of carbonyl (C=O) groups is 2. The van der Waals surface area contributed by atoms with Crippen LogP contribution in [0.4, 0.5) is 4.79 Å². The van der Waals surface area contributed by atoms with Crippen molar-refractivity contribution in [3.05, 3.63) is 12.7 Å². The Bertz CT molecular complexity index is 482. The van der Waals surface area contributed by atoms with Crippen molar-refractivity contribution in [3.63, 3.8) is 0 Å². The highest BCUT2D eigenvalue weighted by atomic mass is 16.6. The average Bonchev–Trinajstić information content (AvgIpc) is 3.06. The number of hydrogen-bond donors (Lipinski definition) is 2. The molecule has 0 aliphatic heterocycles. The fourth-order valence-electron chi connectivity index (χ4n) is 4.36. The number of carboxylic acids is 1. The van der Waals surface area contributed by atoms with Gasteiger partial charge in [0.15, 0.2) is 0 Å². The minimum Gasteiger partial charge on any atom is -0.480 e. The molecule has 2 fully saturated rings. The van der Waals surface area contributed by atoms with E-state index in [4.69, 9.17) is 4.74 Å². The second kappa shape index (κ2) is 7.58. The zero-order chi connectivity index (χ0) is 17.9. The van der Waals surface area contributed by atoms with Crippen molar-refractivity contribution < 1.29 is 19.4 Å². The molecule has 0 aromatic heterocycles. The van der Waals surface area contributed by atoms with Gasteiger partial charge in [0.05, 0.1) is 0 Å². The third kappa shape index (κ3) is 4.31. The van der Waals surface area contributed by atoms with Gasteiger partial charge in [-0.25, -0.2) is 9.59 Å². The number of nitrogens with one attached hydrogen (secondary N) is 1. The number of carbonyl (C=O) groups excluding carboxylic acids is 1. The van der Waals surface area contributed by atoms with E-state index in [1.165, 1.54) is 6.42 Å². The van der Waals surface area contributed by atoms with E-state index in [1.54, 1.807) is 20.8 Å². The van der Waals surface area contributed by atoms with E-state index in [0.717, 1.165) is 32.1 Å². The maximum atomic E-state index is 12.3. The molecule has 2 saturated carbocycles. The van der Waals surface area contributed by atoms with Gasteiger partial charge in [0, 0.05) is 0 Å². The van der Waals surface area contributed by atoms with E-state index in [0.29, 0.717) is 17.8 Å². The number of aliphatic carboxylic acids is 1. The Morgan fingerprint density at radius 2 is 2.00 bits per heavy atom. The summed E-state index contributed by atoms with van der Waals surface area (Å²) in [5.74, 6) is 0.463. The van der Waals surface area contributed by atoms with E-state index in [2.05, 4.69) is 11.9 Å². The van der Waals surface area contributed by atoms with Crippen LogP contribution in [0.25, 0.3) is 0 Å². The van der Waals surface area contributed by atoms with Crippen molar-refractivity contribution in [1.82, 2.24) is 5.32 Å². The molecule has 1 amide bonds. The molecule has 2 aliphatic carbocycles. The van der Waals surface area contributed by atoms with Crippen LogP contribution in [-0.4, -0.2) is 29.3 Å². The Morgan fingerprint density at radius 3 is 2.58 bits per heavy atom. The molecule has 2 aliphatic rings. The Morgan fingerprint density at radius 1 is 1.33 bits per heavy atom. The van der Waals surface area contributed by atoms with E-state index in [-0.39, 0.29) is 6.10 Å². The van der Waals surface area contributed by atoms with Gasteiger partial charge in [0.25, 0.3) is 0 Å². The summed E-state index contributed by atoms with van der Waals surface area (Å²) < 4.78 is 5.73. The van der Waals surface area contributed by atoms with Crippen LogP contribution in [0.5, 0.6) is 0 Å². The second-order valence-electron chi connectivity index (χ2n) is 8.37. The number of amides is 1. The lowest BCUT2D eigenvalue weighted by atomic mass is 9.83. The van der Waals surface area contributed by atoms with Gasteiger partial charge < -0.3 is 15.2 Å². The smallest absolute Gasteiger partial charge is 0.408 e. The normalized spacial score (nSPS) is 30.0. The fourth-order valence-corrected chi connectivity index (χ4v) is 4.36. The van der Waals surface area contributed by atoms with Crippen molar-refractivity contribution in [3.8, 4) is 0 Å². The summed E-state index contributed by atoms with van der Waals surface area (Å²) in [5.41, 5.74) is -0.567. The number of alkyl carbamates (subject to hydrolysis) is 1. The van der Waals surface area contributed by atoms with Gasteiger partial charge in [-0.3, -0.25) is 0 Å². The van der Waals surface area contributed by atoms with Gasteiger partial charge in [0.2, 0.25) is 0 Å². The van der Waals surface area contributed by atoms with Crippen molar-refractivity contribution in [2.75, 3.05) is 0 Å². The molecule has 0 heterocycles. The van der Waals surface area contributed by atoms with Crippen molar-refractivity contribution in [1.29, 1.82) is 0 Å². The van der Waals surface area contributed by atoms with Crippen LogP contribution >= 0.6 is 0 Å². The Kier molecular flexibility index (Phi) is 5.94. The molecule has 0 saturated heterocycles. The van der Waals surface area contributed by atoms with Gasteiger partial charge in [-0.05, 0) is 61.7 Å². The van der Waals surface area contributed by atoms with Gasteiger partial charge in [-0.2, -0.15) is 0 Å². The summed E-state index contributed by atoms with van der Waals surface area (Å²) >= 11 is 0. The molecule has 2 rings (SSSR count). The third-order valence-corrected chi connectivity index (χ3v) is 5.57. The third-order valence-electron chi connectivity index (χ3n) is 5.57. The number of carboxylic acid groups (broad SMARTS) is 1. The number of rotatable bonds is 7. The fraction of sp³-hybridized carbons (Fsp3) is 0.789. The lowest BCUT2D eigenvalue weighted by Crippen LogP contribution is -2.50. The Labute approximate surface area is 144 Å². The predicted octanol–water partition coefficient (Wildman–Crippen LogP) is 3.98. The summed E-state index contributed by atoms with van der Waals surface area (Å²) in [6, 6.07) is -0.956. The second-order valence-corrected chi connectivity index (χ2v) is 8.37. The predicted molar refractivity (Wildman–Crippen MR) is 92.7 cm³/mol. The summed E-state index contributed by atoms with van der Waals surface area (Å²) in [5, 5.41) is 11.9. The van der Waals surface area contributed by atoms with Gasteiger partial charge in [-0.15, -0.1) is 6.58 Å². The molecular weight excluding hydrogens is 306 g/mol. The van der Waals surface area contributed by atoms with E-state index >= 15 is 0 Å². The molecule has 5 heteroatoms. The molecule has 5 atom stereocenters. The first-order chi connectivity index (χ1) is 11.2. The number of hydrogen-bond acceptors (Lipinski definition) is 3. The molecule has 136 valence electrons. The van der Waals surface area contributed by atoms with Crippen LogP contribution in [-0.2, 0) is 9.53 Å². The number of fused-ring (bicyclic) bond motifs is 2. The van der Waals surface area contributed by atoms with Gasteiger partial charge in [0.1, 0.15) is 12.1 Å². The van der Waals surface area contributed by atoms with Crippen LogP contribution in [0.1, 0.15) is 59.3 Å². The average molecular weight is 337 g/mol. The van der Waals surface area contributed by atoms with Crippen LogP contribution in [0.3, 0.4) is 0 Å².